The Morgan fingerprint density at radius 3 is 2.46 bits per heavy atom. The van der Waals surface area contributed by atoms with Gasteiger partial charge < -0.3 is 20.7 Å². The zero-order chi connectivity index (χ0) is 18.0. The van der Waals surface area contributed by atoms with Crippen LogP contribution in [0.1, 0.15) is 6.92 Å². The molecule has 4 N–H and O–H groups in total. The van der Waals surface area contributed by atoms with Crippen LogP contribution in [-0.2, 0) is 19.6 Å². The Kier molecular flexibility index (Phi) is 7.99. The smallest absolute Gasteiger partial charge is 0.314 e. The molecular formula is C14H22N4O5S. The molecule has 1 aromatic rings. The third kappa shape index (κ3) is 8.34. The molecule has 0 heterocycles. The molecule has 0 spiro atoms. The molecule has 0 saturated heterocycles. The van der Waals surface area contributed by atoms with E-state index in [1.807, 2.05) is 0 Å². The molecule has 1 rings (SSSR count). The minimum absolute atomic E-state index is 0.0421. The summed E-state index contributed by atoms with van der Waals surface area (Å²) in [6, 6.07) is 5.86. The summed E-state index contributed by atoms with van der Waals surface area (Å²) in [7, 11) is -2.12. The number of urea groups is 1. The third-order valence-corrected chi connectivity index (χ3v) is 3.99. The van der Waals surface area contributed by atoms with Gasteiger partial charge in [0.25, 0.3) is 0 Å². The number of amides is 3. The van der Waals surface area contributed by atoms with Crippen molar-refractivity contribution in [2.75, 3.05) is 42.6 Å². The van der Waals surface area contributed by atoms with Crippen LogP contribution in [0.3, 0.4) is 0 Å². The molecule has 0 radical (unpaired) electrons. The van der Waals surface area contributed by atoms with Crippen molar-refractivity contribution >= 4 is 33.3 Å². The number of ether oxygens (including phenoxy) is 1. The highest BCUT2D eigenvalue weighted by Gasteiger charge is 2.11. The summed E-state index contributed by atoms with van der Waals surface area (Å²) in [5.41, 5.74) is 0.809. The number of hydrogen-bond acceptors (Lipinski definition) is 5. The van der Waals surface area contributed by atoms with Gasteiger partial charge in [-0.25, -0.2) is 13.2 Å². The lowest BCUT2D eigenvalue weighted by molar-refractivity contribution is -0.114. The summed E-state index contributed by atoms with van der Waals surface area (Å²) in [6.45, 7) is 2.03. The van der Waals surface area contributed by atoms with E-state index in [1.165, 1.54) is 20.1 Å². The van der Waals surface area contributed by atoms with Crippen molar-refractivity contribution < 1.29 is 22.7 Å². The van der Waals surface area contributed by atoms with Gasteiger partial charge in [-0.1, -0.05) is 6.07 Å². The molecule has 0 aliphatic rings. The molecule has 0 aliphatic heterocycles. The monoisotopic (exact) mass is 358 g/mol. The summed E-state index contributed by atoms with van der Waals surface area (Å²) in [4.78, 5) is 22.4. The molecular weight excluding hydrogens is 336 g/mol. The summed E-state index contributed by atoms with van der Waals surface area (Å²) in [6.07, 6.45) is 0. The third-order valence-electron chi connectivity index (χ3n) is 2.70. The number of benzene rings is 1. The average Bonchev–Trinajstić information content (AvgIpc) is 2.46. The Labute approximate surface area is 141 Å². The maximum Gasteiger partial charge on any atom is 0.314 e. The van der Waals surface area contributed by atoms with Crippen LogP contribution in [0.5, 0.6) is 0 Å². The summed E-state index contributed by atoms with van der Waals surface area (Å²) >= 11 is 0. The predicted molar refractivity (Wildman–Crippen MR) is 91.4 cm³/mol. The van der Waals surface area contributed by atoms with E-state index in [0.29, 0.717) is 24.5 Å². The zero-order valence-corrected chi connectivity index (χ0v) is 14.4. The van der Waals surface area contributed by atoms with Crippen LogP contribution >= 0.6 is 0 Å². The molecule has 3 amide bonds. The van der Waals surface area contributed by atoms with E-state index in [-0.39, 0.29) is 18.2 Å². The summed E-state index contributed by atoms with van der Waals surface area (Å²) < 4.78 is 31.1. The van der Waals surface area contributed by atoms with E-state index < -0.39 is 16.1 Å². The van der Waals surface area contributed by atoms with E-state index in [0.717, 1.165) is 0 Å². The van der Waals surface area contributed by atoms with Crippen LogP contribution in [0.4, 0.5) is 16.2 Å². The first-order valence-electron chi connectivity index (χ1n) is 7.21. The first-order valence-corrected chi connectivity index (χ1v) is 8.86. The Hall–Kier alpha value is -2.33. The Balaban J connectivity index is 2.46. The zero-order valence-electron chi connectivity index (χ0n) is 13.6. The lowest BCUT2D eigenvalue weighted by Crippen LogP contribution is -2.39. The molecule has 1 aromatic carbocycles. The number of nitrogens with one attached hydrogen (secondary N) is 4. The van der Waals surface area contributed by atoms with Crippen molar-refractivity contribution in [1.29, 1.82) is 0 Å². The standard InChI is InChI=1S/C14H22N4O5S/c1-11(19)17-12-4-3-5-13(10-12)18-24(21,22)9-7-16-14(20)15-6-8-23-2/h3-5,10,18H,6-9H2,1-2H3,(H,17,19)(H2,15,16,20). The van der Waals surface area contributed by atoms with Crippen molar-refractivity contribution in [3.8, 4) is 0 Å². The maximum absolute atomic E-state index is 12.0. The quantitative estimate of drug-likeness (QED) is 0.473. The van der Waals surface area contributed by atoms with Gasteiger partial charge in [-0.05, 0) is 18.2 Å². The fourth-order valence-corrected chi connectivity index (χ4v) is 2.68. The Morgan fingerprint density at radius 1 is 1.12 bits per heavy atom. The molecule has 0 fully saturated rings. The normalized spacial score (nSPS) is 10.8. The van der Waals surface area contributed by atoms with Crippen molar-refractivity contribution in [3.63, 3.8) is 0 Å². The average molecular weight is 358 g/mol. The Bertz CT molecular complexity index is 663. The molecule has 0 bridgehead atoms. The van der Waals surface area contributed by atoms with Crippen LogP contribution in [0.25, 0.3) is 0 Å². The second kappa shape index (κ2) is 9.73. The van der Waals surface area contributed by atoms with Gasteiger partial charge in [-0.15, -0.1) is 0 Å². The van der Waals surface area contributed by atoms with E-state index in [9.17, 15) is 18.0 Å². The number of sulfonamides is 1. The molecule has 10 heteroatoms. The second-order valence-corrected chi connectivity index (χ2v) is 6.70. The highest BCUT2D eigenvalue weighted by Crippen LogP contribution is 2.16. The van der Waals surface area contributed by atoms with Gasteiger partial charge in [0, 0.05) is 32.8 Å². The summed E-state index contributed by atoms with van der Waals surface area (Å²) in [5.74, 6) is -0.534. The van der Waals surface area contributed by atoms with Gasteiger partial charge in [-0.3, -0.25) is 9.52 Å². The fraction of sp³-hybridized carbons (Fsp3) is 0.429. The first kappa shape index (κ1) is 19.7. The van der Waals surface area contributed by atoms with E-state index in [2.05, 4.69) is 20.7 Å². The number of hydrogen-bond donors (Lipinski definition) is 4. The van der Waals surface area contributed by atoms with Crippen molar-refractivity contribution in [3.05, 3.63) is 24.3 Å². The van der Waals surface area contributed by atoms with Crippen LogP contribution in [0.2, 0.25) is 0 Å². The number of anilines is 2. The molecule has 0 unspecified atom stereocenters. The van der Waals surface area contributed by atoms with Crippen LogP contribution in [-0.4, -0.2) is 52.9 Å². The van der Waals surface area contributed by atoms with Crippen LogP contribution < -0.4 is 20.7 Å². The SMILES string of the molecule is COCCNC(=O)NCCS(=O)(=O)Nc1cccc(NC(C)=O)c1. The minimum Gasteiger partial charge on any atom is -0.383 e. The van der Waals surface area contributed by atoms with Gasteiger partial charge in [0.1, 0.15) is 0 Å². The number of methoxy groups -OCH3 is 1. The van der Waals surface area contributed by atoms with Crippen molar-refractivity contribution in [2.24, 2.45) is 0 Å². The van der Waals surface area contributed by atoms with E-state index >= 15 is 0 Å². The highest BCUT2D eigenvalue weighted by atomic mass is 32.2. The number of carbonyl (C=O) groups is 2. The number of rotatable bonds is 9. The molecule has 0 saturated carbocycles. The lowest BCUT2D eigenvalue weighted by atomic mass is 10.3. The molecule has 0 aromatic heterocycles. The molecule has 0 aliphatic carbocycles. The molecule has 24 heavy (non-hydrogen) atoms. The van der Waals surface area contributed by atoms with Crippen molar-refractivity contribution in [1.82, 2.24) is 10.6 Å². The summed E-state index contributed by atoms with van der Waals surface area (Å²) in [5, 5.41) is 7.52. The van der Waals surface area contributed by atoms with E-state index in [1.54, 1.807) is 18.2 Å². The first-order chi connectivity index (χ1) is 11.3. The molecule has 134 valence electrons. The number of carbonyl (C=O) groups excluding carboxylic acids is 2. The van der Waals surface area contributed by atoms with Crippen LogP contribution in [0, 0.1) is 0 Å². The second-order valence-electron chi connectivity index (χ2n) is 4.86. The lowest BCUT2D eigenvalue weighted by Gasteiger charge is -2.11. The Morgan fingerprint density at radius 2 is 1.79 bits per heavy atom. The topological polar surface area (TPSA) is 126 Å². The van der Waals surface area contributed by atoms with Crippen LogP contribution in [0.15, 0.2) is 24.3 Å². The molecule has 9 nitrogen and oxygen atoms in total. The largest absolute Gasteiger partial charge is 0.383 e. The maximum atomic E-state index is 12.0. The van der Waals surface area contributed by atoms with Gasteiger partial charge in [-0.2, -0.15) is 0 Å². The predicted octanol–water partition coefficient (Wildman–Crippen LogP) is 0.332. The van der Waals surface area contributed by atoms with Gasteiger partial charge in [0.2, 0.25) is 15.9 Å². The molecule has 0 atom stereocenters. The van der Waals surface area contributed by atoms with Crippen molar-refractivity contribution in [2.45, 2.75) is 6.92 Å². The van der Waals surface area contributed by atoms with Gasteiger partial charge in [0.05, 0.1) is 18.0 Å². The highest BCUT2D eigenvalue weighted by molar-refractivity contribution is 7.92. The van der Waals surface area contributed by atoms with Gasteiger partial charge >= 0.3 is 6.03 Å². The van der Waals surface area contributed by atoms with E-state index in [4.69, 9.17) is 4.74 Å². The minimum atomic E-state index is -3.63. The fourth-order valence-electron chi connectivity index (χ4n) is 1.72. The van der Waals surface area contributed by atoms with Gasteiger partial charge in [0.15, 0.2) is 0 Å².